The van der Waals surface area contributed by atoms with Gasteiger partial charge >= 0.3 is 0 Å². The molecule has 0 radical (unpaired) electrons. The lowest BCUT2D eigenvalue weighted by Gasteiger charge is -2.58. The molecule has 0 aliphatic heterocycles. The number of hydrogen-bond donors (Lipinski definition) is 2. The lowest BCUT2D eigenvalue weighted by Crippen LogP contribution is -2.51. The molecule has 2 nitrogen and oxygen atoms in total. The Morgan fingerprint density at radius 1 is 1.12 bits per heavy atom. The largest absolute Gasteiger partial charge is 0.396 e. The SMILES string of the molecule is C[C@H](O)[C@H]1CCC2C3CC=C4C[C@@H](CO)CC[C@]4(C)C3CC[C@@]21C. The van der Waals surface area contributed by atoms with Crippen molar-refractivity contribution in [2.75, 3.05) is 6.61 Å². The lowest BCUT2D eigenvalue weighted by molar-refractivity contribution is -0.0650. The van der Waals surface area contributed by atoms with Gasteiger partial charge in [0.2, 0.25) is 0 Å². The summed E-state index contributed by atoms with van der Waals surface area (Å²) in [5, 5.41) is 19.9. The molecule has 0 aromatic heterocycles. The van der Waals surface area contributed by atoms with E-state index in [0.717, 1.165) is 24.2 Å². The third-order valence-electron chi connectivity index (χ3n) is 9.12. The van der Waals surface area contributed by atoms with Crippen molar-refractivity contribution >= 4 is 0 Å². The Bertz CT molecular complexity index is 524. The maximum absolute atomic E-state index is 10.3. The van der Waals surface area contributed by atoms with E-state index in [2.05, 4.69) is 19.9 Å². The van der Waals surface area contributed by atoms with Gasteiger partial charge in [-0.1, -0.05) is 25.5 Å². The van der Waals surface area contributed by atoms with Crippen LogP contribution in [0.5, 0.6) is 0 Å². The van der Waals surface area contributed by atoms with Crippen molar-refractivity contribution in [3.05, 3.63) is 11.6 Å². The van der Waals surface area contributed by atoms with Gasteiger partial charge in [-0.3, -0.25) is 0 Å². The van der Waals surface area contributed by atoms with Crippen molar-refractivity contribution in [2.45, 2.75) is 78.2 Å². The zero-order chi connectivity index (χ0) is 17.1. The maximum atomic E-state index is 10.3. The summed E-state index contributed by atoms with van der Waals surface area (Å²) in [6.07, 6.45) is 12.5. The number of rotatable bonds is 2. The van der Waals surface area contributed by atoms with Crippen molar-refractivity contribution in [1.82, 2.24) is 0 Å². The first kappa shape index (κ1) is 17.1. The Kier molecular flexibility index (Phi) is 4.16. The molecule has 24 heavy (non-hydrogen) atoms. The summed E-state index contributed by atoms with van der Waals surface area (Å²) in [5.74, 6) is 3.48. The molecule has 0 aromatic carbocycles. The van der Waals surface area contributed by atoms with E-state index in [0.29, 0.717) is 29.3 Å². The van der Waals surface area contributed by atoms with Crippen LogP contribution in [0.3, 0.4) is 0 Å². The highest BCUT2D eigenvalue weighted by atomic mass is 16.3. The number of aliphatic hydroxyl groups is 2. The van der Waals surface area contributed by atoms with Gasteiger partial charge in [0.1, 0.15) is 0 Å². The fourth-order valence-electron chi connectivity index (χ4n) is 7.73. The van der Waals surface area contributed by atoms with Crippen LogP contribution in [0.15, 0.2) is 11.6 Å². The van der Waals surface area contributed by atoms with Crippen LogP contribution >= 0.6 is 0 Å². The molecule has 2 N–H and O–H groups in total. The monoisotopic (exact) mass is 332 g/mol. The molecule has 3 saturated carbocycles. The molecule has 0 aromatic rings. The van der Waals surface area contributed by atoms with Gasteiger partial charge in [-0.2, -0.15) is 0 Å². The molecule has 3 fully saturated rings. The molecule has 8 atom stereocenters. The normalized spacial score (nSPS) is 52.0. The fraction of sp³-hybridized carbons (Fsp3) is 0.909. The summed E-state index contributed by atoms with van der Waals surface area (Å²) in [6, 6.07) is 0. The predicted molar refractivity (Wildman–Crippen MR) is 97.4 cm³/mol. The minimum atomic E-state index is -0.151. The molecular formula is C22H36O2. The smallest absolute Gasteiger partial charge is 0.0545 e. The standard InChI is InChI=1S/C22H36O2/c1-14(24)18-6-7-19-17-5-4-16-12-15(13-23)8-10-21(16,2)20(17)9-11-22(18,19)3/h4,14-15,17-20,23-24H,5-13H2,1-3H3/t14-,15-,17?,18+,19?,20?,21-,22+/m0/s1. The van der Waals surface area contributed by atoms with Gasteiger partial charge in [-0.05, 0) is 98.7 Å². The Labute approximate surface area is 147 Å². The summed E-state index contributed by atoms with van der Waals surface area (Å²) in [5.41, 5.74) is 2.42. The minimum Gasteiger partial charge on any atom is -0.396 e. The molecule has 0 bridgehead atoms. The van der Waals surface area contributed by atoms with E-state index in [4.69, 9.17) is 0 Å². The first-order valence-corrected chi connectivity index (χ1v) is 10.4. The highest BCUT2D eigenvalue weighted by molar-refractivity contribution is 5.25. The summed E-state index contributed by atoms with van der Waals surface area (Å²) >= 11 is 0. The summed E-state index contributed by atoms with van der Waals surface area (Å²) in [6.45, 7) is 7.40. The average Bonchev–Trinajstić information content (AvgIpc) is 2.91. The highest BCUT2D eigenvalue weighted by Gasteiger charge is 2.59. The molecule has 0 amide bonds. The maximum Gasteiger partial charge on any atom is 0.0545 e. The van der Waals surface area contributed by atoms with Crippen LogP contribution in [-0.2, 0) is 0 Å². The molecule has 0 saturated heterocycles. The molecule has 4 aliphatic carbocycles. The second-order valence-corrected chi connectivity index (χ2v) is 10.0. The first-order valence-electron chi connectivity index (χ1n) is 10.4. The number of aliphatic hydroxyl groups excluding tert-OH is 2. The fourth-order valence-corrected chi connectivity index (χ4v) is 7.73. The summed E-state index contributed by atoms with van der Waals surface area (Å²) in [7, 11) is 0. The molecule has 4 rings (SSSR count). The van der Waals surface area contributed by atoms with Gasteiger partial charge in [-0.25, -0.2) is 0 Å². The minimum absolute atomic E-state index is 0.151. The molecule has 2 heteroatoms. The predicted octanol–water partition coefficient (Wildman–Crippen LogP) is 4.55. The van der Waals surface area contributed by atoms with Crippen molar-refractivity contribution in [3.63, 3.8) is 0 Å². The summed E-state index contributed by atoms with van der Waals surface area (Å²) < 4.78 is 0. The highest BCUT2D eigenvalue weighted by Crippen LogP contribution is 2.66. The van der Waals surface area contributed by atoms with E-state index in [1.165, 1.54) is 44.9 Å². The van der Waals surface area contributed by atoms with E-state index >= 15 is 0 Å². The Morgan fingerprint density at radius 2 is 1.92 bits per heavy atom. The quantitative estimate of drug-likeness (QED) is 0.728. The van der Waals surface area contributed by atoms with Gasteiger partial charge in [0.15, 0.2) is 0 Å². The average molecular weight is 333 g/mol. The second kappa shape index (κ2) is 5.84. The van der Waals surface area contributed by atoms with Crippen molar-refractivity contribution < 1.29 is 10.2 Å². The topological polar surface area (TPSA) is 40.5 Å². The molecule has 0 heterocycles. The van der Waals surface area contributed by atoms with Crippen LogP contribution in [0.4, 0.5) is 0 Å². The van der Waals surface area contributed by atoms with Gasteiger partial charge in [-0.15, -0.1) is 0 Å². The Morgan fingerprint density at radius 3 is 2.62 bits per heavy atom. The van der Waals surface area contributed by atoms with Gasteiger partial charge in [0, 0.05) is 6.61 Å². The molecule has 3 unspecified atom stereocenters. The lowest BCUT2D eigenvalue weighted by atomic mass is 9.47. The van der Waals surface area contributed by atoms with Crippen molar-refractivity contribution in [3.8, 4) is 0 Å². The van der Waals surface area contributed by atoms with Crippen LogP contribution < -0.4 is 0 Å². The number of hydrogen-bond acceptors (Lipinski definition) is 2. The number of fused-ring (bicyclic) bond motifs is 5. The third-order valence-corrected chi connectivity index (χ3v) is 9.12. The van der Waals surface area contributed by atoms with Crippen molar-refractivity contribution in [2.24, 2.45) is 40.4 Å². The van der Waals surface area contributed by atoms with Gasteiger partial charge in [0.05, 0.1) is 6.10 Å². The van der Waals surface area contributed by atoms with Crippen LogP contribution in [0, 0.1) is 40.4 Å². The van der Waals surface area contributed by atoms with E-state index < -0.39 is 0 Å². The van der Waals surface area contributed by atoms with E-state index in [-0.39, 0.29) is 6.10 Å². The van der Waals surface area contributed by atoms with Crippen LogP contribution in [-0.4, -0.2) is 22.9 Å². The van der Waals surface area contributed by atoms with E-state index in [1.807, 2.05) is 6.92 Å². The van der Waals surface area contributed by atoms with Gasteiger partial charge in [0.25, 0.3) is 0 Å². The van der Waals surface area contributed by atoms with Gasteiger partial charge < -0.3 is 10.2 Å². The molecular weight excluding hydrogens is 296 g/mol. The zero-order valence-electron chi connectivity index (χ0n) is 15.8. The Balaban J connectivity index is 1.62. The van der Waals surface area contributed by atoms with Crippen LogP contribution in [0.2, 0.25) is 0 Å². The zero-order valence-corrected chi connectivity index (χ0v) is 15.8. The van der Waals surface area contributed by atoms with Crippen LogP contribution in [0.1, 0.15) is 72.1 Å². The Hall–Kier alpha value is -0.340. The van der Waals surface area contributed by atoms with E-state index in [1.54, 1.807) is 5.57 Å². The second-order valence-electron chi connectivity index (χ2n) is 10.0. The van der Waals surface area contributed by atoms with Crippen molar-refractivity contribution in [1.29, 1.82) is 0 Å². The summed E-state index contributed by atoms with van der Waals surface area (Å²) in [4.78, 5) is 0. The molecule has 4 aliphatic rings. The first-order chi connectivity index (χ1) is 11.4. The number of allylic oxidation sites excluding steroid dienone is 2. The molecule has 0 spiro atoms. The molecule has 136 valence electrons. The van der Waals surface area contributed by atoms with Crippen LogP contribution in [0.25, 0.3) is 0 Å². The van der Waals surface area contributed by atoms with E-state index in [9.17, 15) is 10.2 Å². The third kappa shape index (κ3) is 2.28.